The van der Waals surface area contributed by atoms with E-state index < -0.39 is 0 Å². The second kappa shape index (κ2) is 4.21. The lowest BCUT2D eigenvalue weighted by molar-refractivity contribution is 0.185. The third-order valence-corrected chi connectivity index (χ3v) is 4.46. The van der Waals surface area contributed by atoms with Crippen molar-refractivity contribution in [2.24, 2.45) is 11.3 Å². The van der Waals surface area contributed by atoms with Gasteiger partial charge in [-0.15, -0.1) is 0 Å². The topological polar surface area (TPSA) is 37.0 Å². The van der Waals surface area contributed by atoms with E-state index in [-0.39, 0.29) is 0 Å². The summed E-state index contributed by atoms with van der Waals surface area (Å²) < 4.78 is 0. The summed E-state index contributed by atoms with van der Waals surface area (Å²) >= 11 is 0. The third-order valence-electron chi connectivity index (χ3n) is 4.46. The van der Waals surface area contributed by atoms with Crippen molar-refractivity contribution in [2.45, 2.75) is 32.6 Å². The average Bonchev–Trinajstić information content (AvgIpc) is 2.55. The van der Waals surface area contributed by atoms with Crippen molar-refractivity contribution >= 4 is 11.4 Å². The van der Waals surface area contributed by atoms with Crippen molar-refractivity contribution < 1.29 is 0 Å². The van der Waals surface area contributed by atoms with E-state index in [0.29, 0.717) is 5.41 Å². The molecule has 1 aliphatic carbocycles. The lowest BCUT2D eigenvalue weighted by Crippen LogP contribution is -2.38. The Bertz CT molecular complexity index is 365. The van der Waals surface area contributed by atoms with Gasteiger partial charge in [0.15, 0.2) is 0 Å². The van der Waals surface area contributed by atoms with Gasteiger partial charge in [0.05, 0.1) is 17.6 Å². The highest BCUT2D eigenvalue weighted by Gasteiger charge is 2.35. The first-order chi connectivity index (χ1) is 8.27. The summed E-state index contributed by atoms with van der Waals surface area (Å²) in [5.74, 6) is 0.910. The van der Waals surface area contributed by atoms with Crippen LogP contribution in [0.1, 0.15) is 32.6 Å². The molecule has 0 aromatic carbocycles. The van der Waals surface area contributed by atoms with E-state index in [1.165, 1.54) is 31.4 Å². The number of anilines is 2. The van der Waals surface area contributed by atoms with Crippen LogP contribution in [0.4, 0.5) is 11.4 Å². The highest BCUT2D eigenvalue weighted by atomic mass is 15.0. The Morgan fingerprint density at radius 1 is 1.18 bits per heavy atom. The van der Waals surface area contributed by atoms with E-state index in [2.05, 4.69) is 28.6 Å². The van der Waals surface area contributed by atoms with Crippen molar-refractivity contribution in [2.75, 3.05) is 23.7 Å². The molecule has 2 heterocycles. The zero-order valence-corrected chi connectivity index (χ0v) is 10.5. The van der Waals surface area contributed by atoms with Crippen LogP contribution in [0.15, 0.2) is 18.5 Å². The quantitative estimate of drug-likeness (QED) is 0.720. The fourth-order valence-corrected chi connectivity index (χ4v) is 3.05. The Balaban J connectivity index is 1.76. The molecule has 3 rings (SSSR count). The average molecular weight is 231 g/mol. The fourth-order valence-electron chi connectivity index (χ4n) is 3.05. The van der Waals surface area contributed by atoms with Gasteiger partial charge in [-0.25, -0.2) is 0 Å². The smallest absolute Gasteiger partial charge is 0.0762 e. The van der Waals surface area contributed by atoms with Crippen LogP contribution in [0, 0.1) is 11.3 Å². The molecule has 92 valence electrons. The van der Waals surface area contributed by atoms with Gasteiger partial charge in [-0.2, -0.15) is 0 Å². The van der Waals surface area contributed by atoms with Crippen molar-refractivity contribution in [3.63, 3.8) is 0 Å². The number of pyridine rings is 1. The summed E-state index contributed by atoms with van der Waals surface area (Å²) in [4.78, 5) is 4.18. The van der Waals surface area contributed by atoms with E-state index in [9.17, 15) is 0 Å². The molecule has 2 N–H and O–H groups in total. The number of hydrogen-bond acceptors (Lipinski definition) is 3. The van der Waals surface area contributed by atoms with Crippen LogP contribution in [0.25, 0.3) is 0 Å². The molecule has 1 aromatic rings. The molecule has 0 radical (unpaired) electrons. The minimum Gasteiger partial charge on any atom is -0.383 e. The van der Waals surface area contributed by atoms with Gasteiger partial charge >= 0.3 is 0 Å². The van der Waals surface area contributed by atoms with Gasteiger partial charge in [0.2, 0.25) is 0 Å². The standard InChI is InChI=1S/C14H21N3/c1-11-2-5-14(6-3-11)9-16-12-4-7-15-8-13(12)17-10-14/h4,7-8,11,16-17H,2-3,5-6,9-10H2,1H3. The normalized spacial score (nSPS) is 32.2. The zero-order chi connectivity index (χ0) is 11.7. The Hall–Kier alpha value is -1.25. The minimum absolute atomic E-state index is 0.450. The second-order valence-corrected chi connectivity index (χ2v) is 5.81. The predicted octanol–water partition coefficient (Wildman–Crippen LogP) is 3.12. The Morgan fingerprint density at radius 2 is 1.88 bits per heavy atom. The molecule has 1 saturated carbocycles. The van der Waals surface area contributed by atoms with E-state index in [1.807, 2.05) is 12.4 Å². The first-order valence-corrected chi connectivity index (χ1v) is 6.69. The predicted molar refractivity (Wildman–Crippen MR) is 71.3 cm³/mol. The van der Waals surface area contributed by atoms with Crippen molar-refractivity contribution in [1.82, 2.24) is 4.98 Å². The summed E-state index contributed by atoms with van der Waals surface area (Å²) in [7, 11) is 0. The number of fused-ring (bicyclic) bond motifs is 1. The molecule has 2 aliphatic rings. The molecule has 3 nitrogen and oxygen atoms in total. The molecule has 1 aliphatic heterocycles. The van der Waals surface area contributed by atoms with Crippen LogP contribution in [-0.2, 0) is 0 Å². The maximum Gasteiger partial charge on any atom is 0.0762 e. The third kappa shape index (κ3) is 2.11. The van der Waals surface area contributed by atoms with Crippen molar-refractivity contribution in [3.8, 4) is 0 Å². The molecule has 0 amide bonds. The minimum atomic E-state index is 0.450. The number of rotatable bonds is 0. The van der Waals surface area contributed by atoms with Crippen LogP contribution in [0.2, 0.25) is 0 Å². The SMILES string of the molecule is CC1CCC2(CC1)CNc1ccncc1NC2. The van der Waals surface area contributed by atoms with Crippen LogP contribution in [-0.4, -0.2) is 18.1 Å². The Labute approximate surface area is 103 Å². The number of nitrogens with one attached hydrogen (secondary N) is 2. The summed E-state index contributed by atoms with van der Waals surface area (Å²) in [6, 6.07) is 2.06. The number of aromatic nitrogens is 1. The molecular formula is C14H21N3. The molecule has 0 atom stereocenters. The largest absolute Gasteiger partial charge is 0.383 e. The maximum atomic E-state index is 4.18. The number of nitrogens with zero attached hydrogens (tertiary/aromatic N) is 1. The Morgan fingerprint density at radius 3 is 2.65 bits per heavy atom. The highest BCUT2D eigenvalue weighted by Crippen LogP contribution is 2.41. The van der Waals surface area contributed by atoms with Gasteiger partial charge in [0, 0.05) is 24.7 Å². The zero-order valence-electron chi connectivity index (χ0n) is 10.5. The van der Waals surface area contributed by atoms with Crippen LogP contribution in [0.3, 0.4) is 0 Å². The summed E-state index contributed by atoms with van der Waals surface area (Å²) in [5.41, 5.74) is 2.81. The van der Waals surface area contributed by atoms with Crippen LogP contribution < -0.4 is 10.6 Å². The van der Waals surface area contributed by atoms with E-state index in [4.69, 9.17) is 0 Å². The monoisotopic (exact) mass is 231 g/mol. The summed E-state index contributed by atoms with van der Waals surface area (Å²) in [6.07, 6.45) is 9.21. The van der Waals surface area contributed by atoms with Crippen LogP contribution >= 0.6 is 0 Å². The molecule has 0 saturated heterocycles. The van der Waals surface area contributed by atoms with Crippen molar-refractivity contribution in [1.29, 1.82) is 0 Å². The van der Waals surface area contributed by atoms with Gasteiger partial charge in [-0.3, -0.25) is 4.98 Å². The number of hydrogen-bond donors (Lipinski definition) is 2. The molecule has 0 unspecified atom stereocenters. The van der Waals surface area contributed by atoms with Gasteiger partial charge in [0.1, 0.15) is 0 Å². The summed E-state index contributed by atoms with van der Waals surface area (Å²) in [5, 5.41) is 7.17. The van der Waals surface area contributed by atoms with Gasteiger partial charge in [-0.05, 0) is 24.8 Å². The van der Waals surface area contributed by atoms with E-state index in [0.717, 1.165) is 24.7 Å². The van der Waals surface area contributed by atoms with E-state index in [1.54, 1.807) is 0 Å². The molecule has 1 aromatic heterocycles. The van der Waals surface area contributed by atoms with Gasteiger partial charge in [-0.1, -0.05) is 19.8 Å². The first-order valence-electron chi connectivity index (χ1n) is 6.69. The summed E-state index contributed by atoms with van der Waals surface area (Å²) in [6.45, 7) is 4.57. The van der Waals surface area contributed by atoms with Gasteiger partial charge < -0.3 is 10.6 Å². The Kier molecular flexibility index (Phi) is 2.69. The first kappa shape index (κ1) is 10.9. The molecule has 17 heavy (non-hydrogen) atoms. The molecule has 3 heteroatoms. The molecule has 0 bridgehead atoms. The van der Waals surface area contributed by atoms with Crippen LogP contribution in [0.5, 0.6) is 0 Å². The van der Waals surface area contributed by atoms with Crippen molar-refractivity contribution in [3.05, 3.63) is 18.5 Å². The molecular weight excluding hydrogens is 210 g/mol. The lowest BCUT2D eigenvalue weighted by atomic mass is 9.71. The molecule has 1 fully saturated rings. The highest BCUT2D eigenvalue weighted by molar-refractivity contribution is 5.68. The maximum absolute atomic E-state index is 4.18. The van der Waals surface area contributed by atoms with E-state index >= 15 is 0 Å². The molecule has 1 spiro atoms. The van der Waals surface area contributed by atoms with Gasteiger partial charge in [0.25, 0.3) is 0 Å². The fraction of sp³-hybridized carbons (Fsp3) is 0.643. The lowest BCUT2D eigenvalue weighted by Gasteiger charge is -2.38. The second-order valence-electron chi connectivity index (χ2n) is 5.81.